The van der Waals surface area contributed by atoms with Crippen LogP contribution in [0.4, 0.5) is 18.9 Å². The van der Waals surface area contributed by atoms with Gasteiger partial charge in [0.1, 0.15) is 11.4 Å². The highest BCUT2D eigenvalue weighted by Crippen LogP contribution is 2.36. The number of halogens is 3. The minimum Gasteiger partial charge on any atom is -0.312 e. The second-order valence-corrected chi connectivity index (χ2v) is 13.4. The second-order valence-electron chi connectivity index (χ2n) is 11.3. The van der Waals surface area contributed by atoms with Crippen LogP contribution >= 0.6 is 0 Å². The first-order valence-corrected chi connectivity index (χ1v) is 15.1. The van der Waals surface area contributed by atoms with Crippen LogP contribution in [0, 0.1) is 25.7 Å². The first-order chi connectivity index (χ1) is 18.1. The Labute approximate surface area is 228 Å². The van der Waals surface area contributed by atoms with Gasteiger partial charge in [-0.05, 0) is 80.7 Å². The summed E-state index contributed by atoms with van der Waals surface area (Å²) in [4.78, 5) is 29.9. The molecule has 1 spiro atoms. The Kier molecular flexibility index (Phi) is 8.20. The zero-order valence-electron chi connectivity index (χ0n) is 22.9. The molecular formula is C27H37F3N4O4S. The lowest BCUT2D eigenvalue weighted by molar-refractivity contribution is -0.170. The zero-order valence-corrected chi connectivity index (χ0v) is 23.7. The number of amidine groups is 1. The Morgan fingerprint density at radius 2 is 1.79 bits per heavy atom. The first kappa shape index (κ1) is 29.5. The molecule has 39 heavy (non-hydrogen) atoms. The number of aryl methyl sites for hydroxylation is 2. The van der Waals surface area contributed by atoms with Crippen molar-refractivity contribution in [3.05, 3.63) is 28.8 Å². The Balaban J connectivity index is 1.39. The number of benzene rings is 1. The van der Waals surface area contributed by atoms with E-state index >= 15 is 0 Å². The molecule has 2 amide bonds. The predicted octanol–water partition coefficient (Wildman–Crippen LogP) is 3.89. The molecule has 216 valence electrons. The monoisotopic (exact) mass is 570 g/mol. The molecule has 1 aromatic carbocycles. The van der Waals surface area contributed by atoms with E-state index in [1.54, 1.807) is 13.8 Å². The van der Waals surface area contributed by atoms with Crippen molar-refractivity contribution in [2.24, 2.45) is 16.8 Å². The van der Waals surface area contributed by atoms with Crippen LogP contribution in [0.1, 0.15) is 62.1 Å². The van der Waals surface area contributed by atoms with Crippen molar-refractivity contribution in [1.82, 2.24) is 9.62 Å². The second kappa shape index (κ2) is 10.8. The zero-order chi connectivity index (χ0) is 28.8. The fourth-order valence-electron chi connectivity index (χ4n) is 6.12. The van der Waals surface area contributed by atoms with Gasteiger partial charge in [-0.2, -0.15) is 13.2 Å². The van der Waals surface area contributed by atoms with Crippen LogP contribution in [0.15, 0.2) is 17.1 Å². The van der Waals surface area contributed by atoms with Crippen LogP contribution in [-0.4, -0.2) is 68.0 Å². The maximum absolute atomic E-state index is 13.2. The normalized spacial score (nSPS) is 24.0. The van der Waals surface area contributed by atoms with Gasteiger partial charge in [-0.25, -0.2) is 12.7 Å². The summed E-state index contributed by atoms with van der Waals surface area (Å²) >= 11 is 0. The lowest BCUT2D eigenvalue weighted by Crippen LogP contribution is -2.51. The third-order valence-electron chi connectivity index (χ3n) is 8.49. The lowest BCUT2D eigenvalue weighted by Gasteiger charge is -2.35. The van der Waals surface area contributed by atoms with E-state index in [0.717, 1.165) is 37.7 Å². The van der Waals surface area contributed by atoms with Crippen molar-refractivity contribution in [3.8, 4) is 0 Å². The van der Waals surface area contributed by atoms with Gasteiger partial charge >= 0.3 is 12.1 Å². The molecule has 1 saturated carbocycles. The quantitative estimate of drug-likeness (QED) is 0.561. The van der Waals surface area contributed by atoms with Crippen LogP contribution in [0.5, 0.6) is 0 Å². The smallest absolute Gasteiger partial charge is 0.312 e. The van der Waals surface area contributed by atoms with E-state index in [1.165, 1.54) is 22.9 Å². The van der Waals surface area contributed by atoms with E-state index in [9.17, 15) is 31.2 Å². The Hall–Kier alpha value is -2.47. The van der Waals surface area contributed by atoms with Crippen LogP contribution < -0.4 is 10.2 Å². The van der Waals surface area contributed by atoms with Crippen molar-refractivity contribution in [2.45, 2.75) is 77.4 Å². The highest BCUT2D eigenvalue weighted by Gasteiger charge is 2.48. The molecule has 1 aliphatic carbocycles. The van der Waals surface area contributed by atoms with Gasteiger partial charge in [-0.3, -0.25) is 14.6 Å². The number of nitrogens with zero attached hydrogens (tertiary/aromatic N) is 3. The number of anilines is 1. The van der Waals surface area contributed by atoms with Gasteiger partial charge in [0.15, 0.2) is 0 Å². The summed E-state index contributed by atoms with van der Waals surface area (Å²) < 4.78 is 66.3. The van der Waals surface area contributed by atoms with E-state index in [-0.39, 0.29) is 42.8 Å². The largest absolute Gasteiger partial charge is 0.471 e. The molecule has 0 bridgehead atoms. The van der Waals surface area contributed by atoms with Crippen molar-refractivity contribution in [2.75, 3.05) is 30.8 Å². The molecule has 2 fully saturated rings. The fraction of sp³-hybridized carbons (Fsp3) is 0.667. The van der Waals surface area contributed by atoms with E-state index < -0.39 is 27.6 Å². The SMILES string of the molecule is Cc1cc(N(C)C(=O)C(F)(F)F)cc(C)c1CCS(=O)(=O)N1CCC2(CC1)N=C(C1CCCC(C)C1)NC2=O. The number of piperidine rings is 1. The average molecular weight is 571 g/mol. The molecule has 2 heterocycles. The molecular weight excluding hydrogens is 533 g/mol. The maximum Gasteiger partial charge on any atom is 0.471 e. The molecule has 4 rings (SSSR count). The first-order valence-electron chi connectivity index (χ1n) is 13.5. The van der Waals surface area contributed by atoms with Crippen LogP contribution in [0.25, 0.3) is 0 Å². The van der Waals surface area contributed by atoms with E-state index in [0.29, 0.717) is 34.8 Å². The number of hydrogen-bond donors (Lipinski definition) is 1. The molecule has 1 saturated heterocycles. The number of sulfonamides is 1. The molecule has 1 N–H and O–H groups in total. The lowest BCUT2D eigenvalue weighted by atomic mass is 9.82. The number of nitrogens with one attached hydrogen (secondary N) is 1. The summed E-state index contributed by atoms with van der Waals surface area (Å²) in [7, 11) is -2.58. The summed E-state index contributed by atoms with van der Waals surface area (Å²) in [5, 5.41) is 3.00. The summed E-state index contributed by atoms with van der Waals surface area (Å²) in [6.45, 7) is 6.00. The topological polar surface area (TPSA) is 99.2 Å². The summed E-state index contributed by atoms with van der Waals surface area (Å²) in [6.07, 6.45) is 0.168. The average Bonchev–Trinajstić information content (AvgIpc) is 3.17. The summed E-state index contributed by atoms with van der Waals surface area (Å²) in [5.74, 6) is -0.659. The molecule has 1 aromatic rings. The van der Waals surface area contributed by atoms with E-state index in [2.05, 4.69) is 12.2 Å². The third-order valence-corrected chi connectivity index (χ3v) is 10.4. The van der Waals surface area contributed by atoms with Crippen LogP contribution in [-0.2, 0) is 26.0 Å². The van der Waals surface area contributed by atoms with Gasteiger partial charge in [-0.15, -0.1) is 0 Å². The van der Waals surface area contributed by atoms with Crippen molar-refractivity contribution in [3.63, 3.8) is 0 Å². The molecule has 0 radical (unpaired) electrons. The van der Waals surface area contributed by atoms with Gasteiger partial charge < -0.3 is 10.2 Å². The van der Waals surface area contributed by atoms with Gasteiger partial charge in [0.05, 0.1) is 5.75 Å². The standard InChI is InChI=1S/C27H37F3N4O4S/c1-17-6-5-7-20(14-17)23-31-24(35)26(32-23)9-11-34(12-10-26)39(37,38)13-8-22-18(2)15-21(16-19(22)3)33(4)25(36)27(28,29)30/h15-17,20H,5-14H2,1-4H3,(H,31,32,35). The van der Waals surface area contributed by atoms with E-state index in [4.69, 9.17) is 4.99 Å². The van der Waals surface area contributed by atoms with Crippen molar-refractivity contribution < 1.29 is 31.2 Å². The third kappa shape index (κ3) is 6.16. The molecule has 2 unspecified atom stereocenters. The highest BCUT2D eigenvalue weighted by molar-refractivity contribution is 7.89. The van der Waals surface area contributed by atoms with Gasteiger partial charge in [0.2, 0.25) is 10.0 Å². The molecule has 3 aliphatic rings. The molecule has 2 atom stereocenters. The van der Waals surface area contributed by atoms with Gasteiger partial charge in [-0.1, -0.05) is 19.8 Å². The van der Waals surface area contributed by atoms with Gasteiger partial charge in [0, 0.05) is 31.7 Å². The Bertz CT molecular complexity index is 1250. The Morgan fingerprint density at radius 1 is 1.18 bits per heavy atom. The number of carbonyl (C=O) groups excluding carboxylic acids is 2. The van der Waals surface area contributed by atoms with Crippen molar-refractivity contribution in [1.29, 1.82) is 0 Å². The van der Waals surface area contributed by atoms with Gasteiger partial charge in [0.25, 0.3) is 5.91 Å². The Morgan fingerprint density at radius 3 is 2.36 bits per heavy atom. The highest BCUT2D eigenvalue weighted by atomic mass is 32.2. The number of alkyl halides is 3. The minimum absolute atomic E-state index is 0.0951. The maximum atomic E-state index is 13.2. The number of amides is 2. The number of rotatable bonds is 6. The van der Waals surface area contributed by atoms with E-state index in [1.807, 2.05) is 0 Å². The fourth-order valence-corrected chi connectivity index (χ4v) is 7.58. The minimum atomic E-state index is -4.99. The van der Waals surface area contributed by atoms with Crippen molar-refractivity contribution >= 4 is 33.4 Å². The van der Waals surface area contributed by atoms with Crippen LogP contribution in [0.3, 0.4) is 0 Å². The van der Waals surface area contributed by atoms with Crippen LogP contribution in [0.2, 0.25) is 0 Å². The molecule has 2 aliphatic heterocycles. The number of aliphatic imine (C=N–C) groups is 1. The number of carbonyl (C=O) groups is 2. The summed E-state index contributed by atoms with van der Waals surface area (Å²) in [6, 6.07) is 2.93. The molecule has 8 nitrogen and oxygen atoms in total. The molecule has 12 heteroatoms. The predicted molar refractivity (Wildman–Crippen MR) is 143 cm³/mol. The molecule has 0 aromatic heterocycles. The summed E-state index contributed by atoms with van der Waals surface area (Å²) in [5.41, 5.74) is 1.14. The number of hydrogen-bond acceptors (Lipinski definition) is 5.